The van der Waals surface area contributed by atoms with Crippen LogP contribution in [0.3, 0.4) is 0 Å². The van der Waals surface area contributed by atoms with Crippen LogP contribution in [0.5, 0.6) is 0 Å². The maximum absolute atomic E-state index is 13.3. The topological polar surface area (TPSA) is 175 Å². The minimum absolute atomic E-state index is 0.00756. The lowest BCUT2D eigenvalue weighted by Gasteiger charge is -2.41. The molecule has 11 nitrogen and oxygen atoms in total. The third kappa shape index (κ3) is 35.0. The minimum atomic E-state index is -1.65. The number of rotatable bonds is 45. The first-order valence-corrected chi connectivity index (χ1v) is 27.9. The lowest BCUT2D eigenvalue weighted by atomic mass is 9.99. The lowest BCUT2D eigenvalue weighted by Crippen LogP contribution is -2.61. The van der Waals surface area contributed by atoms with Crippen molar-refractivity contribution in [3.8, 4) is 0 Å². The number of hydrogen-bond donors (Lipinski definition) is 6. The molecule has 0 aromatic rings. The Hall–Kier alpha value is -3.16. The second kappa shape index (κ2) is 46.9. The van der Waals surface area contributed by atoms with Crippen molar-refractivity contribution in [3.05, 3.63) is 85.1 Å². The van der Waals surface area contributed by atoms with Gasteiger partial charge in [0, 0.05) is 6.42 Å². The van der Waals surface area contributed by atoms with Crippen LogP contribution in [0.15, 0.2) is 85.1 Å². The number of hydrogen-bond acceptors (Lipinski definition) is 10. The summed E-state index contributed by atoms with van der Waals surface area (Å²) in [5, 5.41) is 56.6. The maximum Gasteiger partial charge on any atom is 0.306 e. The molecule has 1 fully saturated rings. The molecule has 11 heteroatoms. The van der Waals surface area contributed by atoms with Crippen molar-refractivity contribution in [2.75, 3.05) is 13.2 Å². The molecule has 0 aromatic heterocycles. The summed E-state index contributed by atoms with van der Waals surface area (Å²) in [6, 6.07) is -1.07. The van der Waals surface area contributed by atoms with E-state index in [1.54, 1.807) is 6.08 Å². The van der Waals surface area contributed by atoms with E-state index in [1.807, 2.05) is 30.4 Å². The molecule has 70 heavy (non-hydrogen) atoms. The number of allylic oxidation sites excluding steroid dienone is 13. The summed E-state index contributed by atoms with van der Waals surface area (Å²) in [7, 11) is 0. The van der Waals surface area contributed by atoms with Crippen molar-refractivity contribution in [1.29, 1.82) is 0 Å². The molecule has 1 aliphatic rings. The molecule has 0 bridgehead atoms. The first-order chi connectivity index (χ1) is 34.2. The van der Waals surface area contributed by atoms with E-state index in [-0.39, 0.29) is 19.4 Å². The van der Waals surface area contributed by atoms with Gasteiger partial charge in [-0.2, -0.15) is 0 Å². The van der Waals surface area contributed by atoms with Crippen molar-refractivity contribution in [2.45, 2.75) is 262 Å². The summed E-state index contributed by atoms with van der Waals surface area (Å²) in [6.45, 7) is 5.65. The summed E-state index contributed by atoms with van der Waals surface area (Å²) in [5.41, 5.74) is 0. The molecule has 1 amide bonds. The third-order valence-corrected chi connectivity index (χ3v) is 12.5. The highest BCUT2D eigenvalue weighted by Crippen LogP contribution is 2.26. The first kappa shape index (κ1) is 64.9. The van der Waals surface area contributed by atoms with Crippen LogP contribution in [-0.2, 0) is 23.8 Å². The number of unbranched alkanes of at least 4 members (excludes halogenated alkanes) is 19. The molecular weight excluding hydrogens is 883 g/mol. The average Bonchev–Trinajstić information content (AvgIpc) is 3.36. The van der Waals surface area contributed by atoms with Crippen LogP contribution in [0.4, 0.5) is 0 Å². The summed E-state index contributed by atoms with van der Waals surface area (Å²) in [6.07, 6.45) is 49.4. The van der Waals surface area contributed by atoms with E-state index in [0.29, 0.717) is 12.8 Å². The molecule has 1 aliphatic heterocycles. The van der Waals surface area contributed by atoms with Gasteiger partial charge in [-0.05, 0) is 83.5 Å². The molecule has 402 valence electrons. The number of aliphatic hydroxyl groups excluding tert-OH is 5. The highest BCUT2D eigenvalue weighted by atomic mass is 16.7. The van der Waals surface area contributed by atoms with Gasteiger partial charge in [0.15, 0.2) is 12.4 Å². The Kier molecular flexibility index (Phi) is 43.4. The predicted molar refractivity (Wildman–Crippen MR) is 287 cm³/mol. The van der Waals surface area contributed by atoms with Crippen molar-refractivity contribution in [3.63, 3.8) is 0 Å². The van der Waals surface area contributed by atoms with E-state index in [9.17, 15) is 35.1 Å². The Labute approximate surface area is 425 Å². The fraction of sp³-hybridized carbons (Fsp3) is 0.729. The van der Waals surface area contributed by atoms with Gasteiger partial charge >= 0.3 is 5.97 Å². The molecule has 0 spiro atoms. The number of carbonyl (C=O) groups excluding carboxylic acids is 2. The minimum Gasteiger partial charge on any atom is -0.454 e. The van der Waals surface area contributed by atoms with Crippen LogP contribution < -0.4 is 5.32 Å². The Balaban J connectivity index is 2.84. The standard InChI is InChI=1S/C59H101NO10/c1-4-7-10-13-16-19-22-25-26-27-29-31-34-37-40-43-46-52(63)58(67)60-50(51(62)45-42-39-36-33-30-24-21-18-15-12-9-6-3)49-68-59-57(56(66)55(65)53(48-61)69-59)70-54(64)47-44-41-38-35-32-28-23-20-17-14-11-8-5-2/h16,19,25-26,28-29,31-32,37-38,40-42,45,50-53,55-57,59,61-63,65-66H,4-15,17-18,20-24,27,30,33-36,39,43-44,46-49H2,1-3H3,(H,60,67)/b19-16-,26-25-,31-29-,32-28-,40-37-,41-38+,45-42+. The van der Waals surface area contributed by atoms with Crippen molar-refractivity contribution in [2.24, 2.45) is 0 Å². The zero-order valence-corrected chi connectivity index (χ0v) is 44.1. The first-order valence-electron chi connectivity index (χ1n) is 27.9. The monoisotopic (exact) mass is 984 g/mol. The van der Waals surface area contributed by atoms with Crippen LogP contribution >= 0.6 is 0 Å². The fourth-order valence-electron chi connectivity index (χ4n) is 8.05. The summed E-state index contributed by atoms with van der Waals surface area (Å²) < 4.78 is 17.4. The molecule has 8 unspecified atom stereocenters. The highest BCUT2D eigenvalue weighted by Gasteiger charge is 2.47. The number of ether oxygens (including phenoxy) is 3. The van der Waals surface area contributed by atoms with Gasteiger partial charge in [0.25, 0.3) is 0 Å². The predicted octanol–water partition coefficient (Wildman–Crippen LogP) is 12.2. The zero-order valence-electron chi connectivity index (χ0n) is 44.1. The molecule has 0 aromatic carbocycles. The van der Waals surface area contributed by atoms with E-state index in [0.717, 1.165) is 64.2 Å². The molecule has 1 heterocycles. The Morgan fingerprint density at radius 3 is 1.50 bits per heavy atom. The second-order valence-electron chi connectivity index (χ2n) is 19.0. The van der Waals surface area contributed by atoms with Gasteiger partial charge in [-0.1, -0.05) is 209 Å². The second-order valence-corrected chi connectivity index (χ2v) is 19.0. The fourth-order valence-corrected chi connectivity index (χ4v) is 8.05. The smallest absolute Gasteiger partial charge is 0.306 e. The summed E-state index contributed by atoms with van der Waals surface area (Å²) >= 11 is 0. The van der Waals surface area contributed by atoms with E-state index >= 15 is 0 Å². The Bertz CT molecular complexity index is 1460. The van der Waals surface area contributed by atoms with Crippen molar-refractivity contribution in [1.82, 2.24) is 5.32 Å². The SMILES string of the molecule is CCCCC/C=C\C/C=C\C/C=C\C/C=C\CCC(O)C(=O)NC(COC1OC(CO)C(O)C(O)C1OC(=O)CC/C=C/C/C=C\CCCCCCCC)C(O)/C=C/CCCCCCCCCCCC. The molecule has 1 saturated heterocycles. The highest BCUT2D eigenvalue weighted by molar-refractivity contribution is 5.80. The number of esters is 1. The van der Waals surface area contributed by atoms with Crippen molar-refractivity contribution >= 4 is 11.9 Å². The van der Waals surface area contributed by atoms with Crippen molar-refractivity contribution < 1.29 is 49.3 Å². The van der Waals surface area contributed by atoms with E-state index in [1.165, 1.54) is 103 Å². The van der Waals surface area contributed by atoms with E-state index in [2.05, 4.69) is 74.7 Å². The Morgan fingerprint density at radius 1 is 0.557 bits per heavy atom. The van der Waals surface area contributed by atoms with Gasteiger partial charge in [-0.25, -0.2) is 0 Å². The largest absolute Gasteiger partial charge is 0.454 e. The third-order valence-electron chi connectivity index (χ3n) is 12.5. The van der Waals surface area contributed by atoms with Gasteiger partial charge in [-0.3, -0.25) is 9.59 Å². The van der Waals surface area contributed by atoms with E-state index in [4.69, 9.17) is 14.2 Å². The zero-order chi connectivity index (χ0) is 51.1. The molecule has 6 N–H and O–H groups in total. The van der Waals surface area contributed by atoms with Gasteiger partial charge < -0.3 is 45.1 Å². The van der Waals surface area contributed by atoms with E-state index < -0.39 is 67.4 Å². The molecule has 0 aliphatic carbocycles. The summed E-state index contributed by atoms with van der Waals surface area (Å²) in [4.78, 5) is 26.3. The average molecular weight is 984 g/mol. The maximum atomic E-state index is 13.3. The van der Waals surface area contributed by atoms with Gasteiger partial charge in [0.1, 0.15) is 24.4 Å². The van der Waals surface area contributed by atoms with Gasteiger partial charge in [-0.15, -0.1) is 0 Å². The molecular formula is C59H101NO10. The normalized spacial score (nSPS) is 20.4. The number of aliphatic hydroxyl groups is 5. The van der Waals surface area contributed by atoms with Crippen LogP contribution in [0.25, 0.3) is 0 Å². The Morgan fingerprint density at radius 2 is 0.986 bits per heavy atom. The van der Waals surface area contributed by atoms with Crippen LogP contribution in [0, 0.1) is 0 Å². The summed E-state index contributed by atoms with van der Waals surface area (Å²) in [5.74, 6) is -1.33. The molecule has 1 rings (SSSR count). The number of nitrogens with one attached hydrogen (secondary N) is 1. The van der Waals surface area contributed by atoms with Gasteiger partial charge in [0.05, 0.1) is 25.4 Å². The number of amides is 1. The molecule has 0 radical (unpaired) electrons. The van der Waals surface area contributed by atoms with Gasteiger partial charge in [0.2, 0.25) is 5.91 Å². The van der Waals surface area contributed by atoms with Crippen LogP contribution in [0.1, 0.15) is 213 Å². The van der Waals surface area contributed by atoms with Crippen LogP contribution in [-0.4, -0.2) is 99.6 Å². The quantitative estimate of drug-likeness (QED) is 0.0196. The lowest BCUT2D eigenvalue weighted by molar-refractivity contribution is -0.305. The number of carbonyl (C=O) groups is 2. The van der Waals surface area contributed by atoms with Crippen LogP contribution in [0.2, 0.25) is 0 Å². The molecule has 0 saturated carbocycles. The molecule has 8 atom stereocenters.